The van der Waals surface area contributed by atoms with Gasteiger partial charge in [0.1, 0.15) is 6.61 Å². The first-order valence-electron chi connectivity index (χ1n) is 7.66. The second-order valence-electron chi connectivity index (χ2n) is 5.44. The Hall–Kier alpha value is -2.37. The minimum Gasteiger partial charge on any atom is -0.493 e. The number of carbonyl (C=O) groups excluding carboxylic acids is 1. The van der Waals surface area contributed by atoms with E-state index in [1.54, 1.807) is 30.3 Å². The highest BCUT2D eigenvalue weighted by molar-refractivity contribution is 6.42. The molecule has 2 aromatic rings. The lowest BCUT2D eigenvalue weighted by Crippen LogP contribution is -2.00. The lowest BCUT2D eigenvalue weighted by molar-refractivity contribution is -0.133. The Morgan fingerprint density at radius 1 is 0.962 bits per heavy atom. The molecule has 0 unspecified atom stereocenters. The molecule has 1 heterocycles. The number of hydrogen-bond acceptors (Lipinski definition) is 5. The molecule has 26 heavy (non-hydrogen) atoms. The molecular formula is C19H16Cl2O5. The van der Waals surface area contributed by atoms with E-state index in [-0.39, 0.29) is 6.61 Å². The van der Waals surface area contributed by atoms with Gasteiger partial charge in [-0.2, -0.15) is 0 Å². The molecule has 0 amide bonds. The fourth-order valence-electron chi connectivity index (χ4n) is 2.88. The Bertz CT molecular complexity index is 860. The molecule has 0 aromatic heterocycles. The molecule has 0 saturated heterocycles. The first kappa shape index (κ1) is 18.4. The molecule has 0 atom stereocenters. The molecule has 3 rings (SSSR count). The van der Waals surface area contributed by atoms with E-state index in [9.17, 15) is 4.79 Å². The average molecular weight is 395 g/mol. The molecule has 0 saturated carbocycles. The third kappa shape index (κ3) is 3.08. The highest BCUT2D eigenvalue weighted by atomic mass is 35.5. The van der Waals surface area contributed by atoms with Gasteiger partial charge in [0.2, 0.25) is 5.75 Å². The van der Waals surface area contributed by atoms with Crippen LogP contribution < -0.4 is 14.2 Å². The fraction of sp³-hybridized carbons (Fsp3) is 0.211. The Balaban J connectivity index is 2.27. The zero-order chi connectivity index (χ0) is 18.8. The van der Waals surface area contributed by atoms with E-state index in [1.807, 2.05) is 0 Å². The van der Waals surface area contributed by atoms with Crippen LogP contribution in [0.25, 0.3) is 11.1 Å². The van der Waals surface area contributed by atoms with Crippen molar-refractivity contribution in [3.05, 3.63) is 51.5 Å². The maximum absolute atomic E-state index is 12.4. The second kappa shape index (κ2) is 7.48. The second-order valence-corrected chi connectivity index (χ2v) is 6.25. The van der Waals surface area contributed by atoms with E-state index in [0.717, 1.165) is 0 Å². The first-order chi connectivity index (χ1) is 12.5. The van der Waals surface area contributed by atoms with Crippen molar-refractivity contribution in [1.82, 2.24) is 0 Å². The Kier molecular flexibility index (Phi) is 5.30. The zero-order valence-corrected chi connectivity index (χ0v) is 15.9. The van der Waals surface area contributed by atoms with E-state index < -0.39 is 5.97 Å². The summed E-state index contributed by atoms with van der Waals surface area (Å²) in [7, 11) is 4.58. The van der Waals surface area contributed by atoms with Gasteiger partial charge in [-0.25, -0.2) is 4.79 Å². The summed E-state index contributed by atoms with van der Waals surface area (Å²) in [5, 5.41) is 0.743. The monoisotopic (exact) mass is 394 g/mol. The van der Waals surface area contributed by atoms with Crippen molar-refractivity contribution in [2.24, 2.45) is 0 Å². The normalized spacial score (nSPS) is 13.7. The number of esters is 1. The molecule has 0 radical (unpaired) electrons. The summed E-state index contributed by atoms with van der Waals surface area (Å²) in [6, 6.07) is 8.57. The lowest BCUT2D eigenvalue weighted by Gasteiger charge is -2.15. The predicted octanol–water partition coefficient (Wildman–Crippen LogP) is 4.49. The van der Waals surface area contributed by atoms with Crippen LogP contribution in [-0.4, -0.2) is 33.9 Å². The first-order valence-corrected chi connectivity index (χ1v) is 8.42. The number of halogens is 2. The summed E-state index contributed by atoms with van der Waals surface area (Å²) in [4.78, 5) is 12.4. The zero-order valence-electron chi connectivity index (χ0n) is 14.4. The van der Waals surface area contributed by atoms with Crippen LogP contribution in [0.2, 0.25) is 10.0 Å². The summed E-state index contributed by atoms with van der Waals surface area (Å²) in [5.41, 5.74) is 2.11. The molecule has 2 aromatic carbocycles. The lowest BCUT2D eigenvalue weighted by atomic mass is 9.96. The number of hydrogen-bond donors (Lipinski definition) is 0. The van der Waals surface area contributed by atoms with Crippen molar-refractivity contribution in [2.45, 2.75) is 0 Å². The highest BCUT2D eigenvalue weighted by Gasteiger charge is 2.31. The van der Waals surface area contributed by atoms with Gasteiger partial charge >= 0.3 is 5.97 Å². The van der Waals surface area contributed by atoms with Crippen molar-refractivity contribution in [2.75, 3.05) is 27.9 Å². The van der Waals surface area contributed by atoms with E-state index in [2.05, 4.69) is 0 Å². The van der Waals surface area contributed by atoms with E-state index >= 15 is 0 Å². The maximum atomic E-state index is 12.4. The van der Waals surface area contributed by atoms with Gasteiger partial charge in [-0.05, 0) is 29.8 Å². The Morgan fingerprint density at radius 2 is 1.54 bits per heavy atom. The van der Waals surface area contributed by atoms with Gasteiger partial charge in [0.05, 0.1) is 36.9 Å². The van der Waals surface area contributed by atoms with Crippen molar-refractivity contribution in [1.29, 1.82) is 0 Å². The average Bonchev–Trinajstić information content (AvgIpc) is 3.01. The standard InChI is InChI=1S/C19H16Cl2O5/c1-23-14-7-10(8-15(24-2)18(14)25-3)11-9-26-19(22)16(11)17-12(20)5-4-6-13(17)21/h4-8H,9H2,1-3H3. The van der Waals surface area contributed by atoms with Crippen molar-refractivity contribution in [3.63, 3.8) is 0 Å². The number of methoxy groups -OCH3 is 3. The van der Waals surface area contributed by atoms with Gasteiger partial charge in [-0.3, -0.25) is 0 Å². The number of carbonyl (C=O) groups is 1. The quantitative estimate of drug-likeness (QED) is 0.699. The summed E-state index contributed by atoms with van der Waals surface area (Å²) in [6.45, 7) is 0.0916. The maximum Gasteiger partial charge on any atom is 0.339 e. The molecular weight excluding hydrogens is 379 g/mol. The molecule has 0 N–H and O–H groups in total. The minimum absolute atomic E-state index is 0.0916. The van der Waals surface area contributed by atoms with Gasteiger partial charge < -0.3 is 18.9 Å². The summed E-state index contributed by atoms with van der Waals surface area (Å²) in [5.74, 6) is 0.919. The number of rotatable bonds is 5. The highest BCUT2D eigenvalue weighted by Crippen LogP contribution is 2.44. The van der Waals surface area contributed by atoms with Gasteiger partial charge in [-0.15, -0.1) is 0 Å². The molecule has 7 heteroatoms. The van der Waals surface area contributed by atoms with Crippen LogP contribution in [0.1, 0.15) is 11.1 Å². The molecule has 1 aliphatic rings. The van der Waals surface area contributed by atoms with Gasteiger partial charge in [0.15, 0.2) is 11.5 Å². The van der Waals surface area contributed by atoms with Crippen LogP contribution in [0.5, 0.6) is 17.2 Å². The largest absolute Gasteiger partial charge is 0.493 e. The number of benzene rings is 2. The topological polar surface area (TPSA) is 54.0 Å². The SMILES string of the molecule is COc1cc(C2=C(c3c(Cl)cccc3Cl)C(=O)OC2)cc(OC)c1OC. The van der Waals surface area contributed by atoms with Crippen LogP contribution in [0, 0.1) is 0 Å². The van der Waals surface area contributed by atoms with Crippen LogP contribution in [0.15, 0.2) is 30.3 Å². The third-order valence-electron chi connectivity index (χ3n) is 4.08. The molecule has 0 spiro atoms. The van der Waals surface area contributed by atoms with Gasteiger partial charge in [0.25, 0.3) is 0 Å². The summed E-state index contributed by atoms with van der Waals surface area (Å²) in [6.07, 6.45) is 0. The predicted molar refractivity (Wildman–Crippen MR) is 100 cm³/mol. The fourth-order valence-corrected chi connectivity index (χ4v) is 3.46. The van der Waals surface area contributed by atoms with E-state index in [4.69, 9.17) is 42.1 Å². The number of cyclic esters (lactones) is 1. The molecule has 136 valence electrons. The Labute approximate surface area is 161 Å². The number of ether oxygens (including phenoxy) is 4. The summed E-state index contributed by atoms with van der Waals surface area (Å²) < 4.78 is 21.4. The van der Waals surface area contributed by atoms with Gasteiger partial charge in [0, 0.05) is 11.1 Å². The van der Waals surface area contributed by atoms with Crippen LogP contribution in [0.4, 0.5) is 0 Å². The van der Waals surface area contributed by atoms with Crippen molar-refractivity contribution in [3.8, 4) is 17.2 Å². The van der Waals surface area contributed by atoms with E-state index in [0.29, 0.717) is 49.6 Å². The van der Waals surface area contributed by atoms with Crippen LogP contribution >= 0.6 is 23.2 Å². The van der Waals surface area contributed by atoms with E-state index in [1.165, 1.54) is 21.3 Å². The third-order valence-corrected chi connectivity index (χ3v) is 4.71. The Morgan fingerprint density at radius 3 is 2.04 bits per heavy atom. The van der Waals surface area contributed by atoms with Crippen molar-refractivity contribution >= 4 is 40.3 Å². The minimum atomic E-state index is -0.483. The molecule has 1 aliphatic heterocycles. The van der Waals surface area contributed by atoms with Crippen LogP contribution in [0.3, 0.4) is 0 Å². The molecule has 0 aliphatic carbocycles. The van der Waals surface area contributed by atoms with Gasteiger partial charge in [-0.1, -0.05) is 29.3 Å². The molecule has 0 fully saturated rings. The molecule has 0 bridgehead atoms. The molecule has 5 nitrogen and oxygen atoms in total. The summed E-state index contributed by atoms with van der Waals surface area (Å²) >= 11 is 12.6. The van der Waals surface area contributed by atoms with Crippen LogP contribution in [-0.2, 0) is 9.53 Å². The van der Waals surface area contributed by atoms with Crippen molar-refractivity contribution < 1.29 is 23.7 Å². The smallest absolute Gasteiger partial charge is 0.339 e.